The summed E-state index contributed by atoms with van der Waals surface area (Å²) in [5, 5.41) is 11.5. The molecule has 2 aromatic carbocycles. The van der Waals surface area contributed by atoms with Gasteiger partial charge in [-0.25, -0.2) is 5.10 Å². The van der Waals surface area contributed by atoms with E-state index in [0.717, 1.165) is 5.56 Å². The van der Waals surface area contributed by atoms with Crippen molar-refractivity contribution in [1.29, 1.82) is 0 Å². The predicted molar refractivity (Wildman–Crippen MR) is 108 cm³/mol. The van der Waals surface area contributed by atoms with E-state index in [9.17, 15) is 0 Å². The Hall–Kier alpha value is -3.33. The summed E-state index contributed by atoms with van der Waals surface area (Å²) in [7, 11) is 6.28. The largest absolute Gasteiger partial charge is 0.497 e. The average Bonchev–Trinajstić information content (AvgIpc) is 3.11. The SMILES string of the molecule is COc1cccc(-c2n[nH]c(=S)n2/N=C\c2ccc(OC)c(OC)c2OC)c1. The maximum Gasteiger partial charge on any atom is 0.216 e. The highest BCUT2D eigenvalue weighted by atomic mass is 32.1. The van der Waals surface area contributed by atoms with Gasteiger partial charge in [0.05, 0.1) is 34.7 Å². The normalized spacial score (nSPS) is 10.9. The molecule has 0 bridgehead atoms. The smallest absolute Gasteiger partial charge is 0.216 e. The second-order valence-electron chi connectivity index (χ2n) is 5.56. The van der Waals surface area contributed by atoms with Gasteiger partial charge in [-0.1, -0.05) is 12.1 Å². The zero-order valence-electron chi connectivity index (χ0n) is 15.9. The molecule has 0 spiro atoms. The summed E-state index contributed by atoms with van der Waals surface area (Å²) in [5.74, 6) is 2.82. The number of rotatable bonds is 7. The van der Waals surface area contributed by atoms with E-state index in [0.29, 0.717) is 39.2 Å². The molecule has 0 radical (unpaired) electrons. The summed E-state index contributed by atoms with van der Waals surface area (Å²) in [6.45, 7) is 0. The van der Waals surface area contributed by atoms with E-state index in [-0.39, 0.29) is 0 Å². The molecule has 0 amide bonds. The highest BCUT2D eigenvalue weighted by molar-refractivity contribution is 7.71. The summed E-state index contributed by atoms with van der Waals surface area (Å²) in [5.41, 5.74) is 1.50. The molecule has 28 heavy (non-hydrogen) atoms. The first-order chi connectivity index (χ1) is 13.6. The summed E-state index contributed by atoms with van der Waals surface area (Å²) in [6, 6.07) is 11.1. The molecule has 0 unspecified atom stereocenters. The van der Waals surface area contributed by atoms with Crippen LogP contribution >= 0.6 is 12.2 Å². The van der Waals surface area contributed by atoms with Gasteiger partial charge in [-0.2, -0.15) is 14.9 Å². The molecular weight excluding hydrogens is 380 g/mol. The lowest BCUT2D eigenvalue weighted by Crippen LogP contribution is -2.00. The lowest BCUT2D eigenvalue weighted by atomic mass is 10.2. The van der Waals surface area contributed by atoms with Crippen LogP contribution in [0.1, 0.15) is 5.56 Å². The van der Waals surface area contributed by atoms with Gasteiger partial charge >= 0.3 is 0 Å². The quantitative estimate of drug-likeness (QED) is 0.483. The van der Waals surface area contributed by atoms with Gasteiger partial charge in [0.1, 0.15) is 5.75 Å². The van der Waals surface area contributed by atoms with E-state index < -0.39 is 0 Å². The van der Waals surface area contributed by atoms with Crippen LogP contribution in [0.4, 0.5) is 0 Å². The number of hydrogen-bond acceptors (Lipinski definition) is 7. The molecule has 0 fully saturated rings. The Balaban J connectivity index is 2.05. The highest BCUT2D eigenvalue weighted by Gasteiger charge is 2.15. The number of ether oxygens (including phenoxy) is 4. The molecule has 146 valence electrons. The monoisotopic (exact) mass is 400 g/mol. The van der Waals surface area contributed by atoms with Crippen LogP contribution in [0.15, 0.2) is 41.5 Å². The third-order valence-corrected chi connectivity index (χ3v) is 4.29. The molecule has 0 saturated heterocycles. The second kappa shape index (κ2) is 8.57. The Morgan fingerprint density at radius 1 is 1.00 bits per heavy atom. The molecule has 0 aliphatic heterocycles. The summed E-state index contributed by atoms with van der Waals surface area (Å²) >= 11 is 5.32. The van der Waals surface area contributed by atoms with Crippen LogP contribution < -0.4 is 18.9 Å². The minimum Gasteiger partial charge on any atom is -0.497 e. The topological polar surface area (TPSA) is 82.9 Å². The van der Waals surface area contributed by atoms with Crippen LogP contribution in [0, 0.1) is 4.77 Å². The molecule has 0 aliphatic rings. The number of methoxy groups -OCH3 is 4. The van der Waals surface area contributed by atoms with Crippen molar-refractivity contribution in [2.45, 2.75) is 0 Å². The standard InChI is InChI=1S/C19H20N4O4S/c1-24-14-7-5-6-12(10-14)18-21-22-19(28)23(18)20-11-13-8-9-15(25-2)17(27-4)16(13)26-3/h5-11H,1-4H3,(H,22,28)/b20-11-. The van der Waals surface area contributed by atoms with Crippen LogP contribution in [-0.2, 0) is 0 Å². The van der Waals surface area contributed by atoms with Gasteiger partial charge in [0, 0.05) is 11.1 Å². The van der Waals surface area contributed by atoms with Crippen molar-refractivity contribution in [2.75, 3.05) is 28.4 Å². The second-order valence-corrected chi connectivity index (χ2v) is 5.95. The molecule has 9 heteroatoms. The maximum atomic E-state index is 5.48. The zero-order chi connectivity index (χ0) is 20.1. The number of benzene rings is 2. The molecule has 1 N–H and O–H groups in total. The Kier molecular flexibility index (Phi) is 5.95. The number of aromatic nitrogens is 3. The third-order valence-electron chi connectivity index (χ3n) is 4.03. The van der Waals surface area contributed by atoms with E-state index in [1.54, 1.807) is 40.7 Å². The van der Waals surface area contributed by atoms with Gasteiger partial charge in [-0.05, 0) is 36.5 Å². The molecule has 3 aromatic rings. The number of hydrogen-bond donors (Lipinski definition) is 1. The van der Waals surface area contributed by atoms with Crippen molar-refractivity contribution >= 4 is 18.4 Å². The van der Waals surface area contributed by atoms with Crippen molar-refractivity contribution in [2.24, 2.45) is 5.10 Å². The lowest BCUT2D eigenvalue weighted by Gasteiger charge is -2.13. The Morgan fingerprint density at radius 2 is 1.79 bits per heavy atom. The number of H-pyrrole nitrogens is 1. The summed E-state index contributed by atoms with van der Waals surface area (Å²) < 4.78 is 23.4. The maximum absolute atomic E-state index is 5.48. The fourth-order valence-corrected chi connectivity index (χ4v) is 2.87. The van der Waals surface area contributed by atoms with Gasteiger partial charge in [0.25, 0.3) is 0 Å². The zero-order valence-corrected chi connectivity index (χ0v) is 16.7. The third kappa shape index (κ3) is 3.70. The first-order valence-corrected chi connectivity index (χ1v) is 8.69. The van der Waals surface area contributed by atoms with E-state index in [1.807, 2.05) is 30.3 Å². The number of aromatic amines is 1. The van der Waals surface area contributed by atoms with Crippen LogP contribution in [-0.4, -0.2) is 49.5 Å². The minimum absolute atomic E-state index is 0.355. The van der Waals surface area contributed by atoms with Crippen LogP contribution in [0.2, 0.25) is 0 Å². The summed E-state index contributed by atoms with van der Waals surface area (Å²) in [6.07, 6.45) is 1.62. The molecule has 3 rings (SSSR count). The molecule has 8 nitrogen and oxygen atoms in total. The Morgan fingerprint density at radius 3 is 2.46 bits per heavy atom. The van der Waals surface area contributed by atoms with E-state index >= 15 is 0 Å². The molecule has 0 aliphatic carbocycles. The van der Waals surface area contributed by atoms with Gasteiger partial charge in [0.2, 0.25) is 10.5 Å². The van der Waals surface area contributed by atoms with E-state index in [2.05, 4.69) is 15.3 Å². The van der Waals surface area contributed by atoms with Crippen molar-refractivity contribution < 1.29 is 18.9 Å². The molecule has 0 atom stereocenters. The van der Waals surface area contributed by atoms with Crippen molar-refractivity contribution in [3.8, 4) is 34.4 Å². The van der Waals surface area contributed by atoms with Gasteiger partial charge < -0.3 is 18.9 Å². The molecule has 1 aromatic heterocycles. The van der Waals surface area contributed by atoms with Crippen LogP contribution in [0.25, 0.3) is 11.4 Å². The molecule has 0 saturated carbocycles. The Bertz CT molecular complexity index is 1060. The van der Waals surface area contributed by atoms with E-state index in [1.165, 1.54) is 4.68 Å². The van der Waals surface area contributed by atoms with Crippen molar-refractivity contribution in [1.82, 2.24) is 14.9 Å². The highest BCUT2D eigenvalue weighted by Crippen LogP contribution is 2.39. The number of nitrogens with one attached hydrogen (secondary N) is 1. The lowest BCUT2D eigenvalue weighted by molar-refractivity contribution is 0.324. The van der Waals surface area contributed by atoms with Crippen LogP contribution in [0.5, 0.6) is 23.0 Å². The average molecular weight is 400 g/mol. The molecule has 1 heterocycles. The first-order valence-electron chi connectivity index (χ1n) is 8.28. The van der Waals surface area contributed by atoms with E-state index in [4.69, 9.17) is 31.2 Å². The summed E-state index contributed by atoms with van der Waals surface area (Å²) in [4.78, 5) is 0. The minimum atomic E-state index is 0.355. The van der Waals surface area contributed by atoms with Gasteiger partial charge in [-0.15, -0.1) is 0 Å². The fourth-order valence-electron chi connectivity index (χ4n) is 2.69. The fraction of sp³-hybridized carbons (Fsp3) is 0.211. The van der Waals surface area contributed by atoms with Crippen molar-refractivity contribution in [3.05, 3.63) is 46.7 Å². The van der Waals surface area contributed by atoms with Gasteiger partial charge in [-0.3, -0.25) is 0 Å². The van der Waals surface area contributed by atoms with Crippen molar-refractivity contribution in [3.63, 3.8) is 0 Å². The number of nitrogens with zero attached hydrogens (tertiary/aromatic N) is 3. The Labute approximate surface area is 167 Å². The predicted octanol–water partition coefficient (Wildman–Crippen LogP) is 3.52. The van der Waals surface area contributed by atoms with Crippen LogP contribution in [0.3, 0.4) is 0 Å². The first kappa shape index (κ1) is 19.4. The molecular formula is C19H20N4O4S. The van der Waals surface area contributed by atoms with Gasteiger partial charge in [0.15, 0.2) is 17.3 Å².